The molecular weight excluding hydrogens is 238 g/mol. The molecule has 0 spiro atoms. The first kappa shape index (κ1) is 15.7. The minimum atomic E-state index is -0.317. The Bertz CT molecular complexity index is 402. The summed E-state index contributed by atoms with van der Waals surface area (Å²) < 4.78 is 0. The van der Waals surface area contributed by atoms with Gasteiger partial charge in [0.05, 0.1) is 12.6 Å². The molecule has 0 heterocycles. The van der Waals surface area contributed by atoms with Gasteiger partial charge in [-0.25, -0.2) is 0 Å². The zero-order chi connectivity index (χ0) is 14.4. The average Bonchev–Trinajstić information content (AvgIpc) is 2.39. The minimum absolute atomic E-state index is 0.0120. The van der Waals surface area contributed by atoms with E-state index in [4.69, 9.17) is 11.5 Å². The van der Waals surface area contributed by atoms with Crippen molar-refractivity contribution in [2.75, 3.05) is 13.1 Å². The molecule has 2 atom stereocenters. The molecule has 0 bridgehead atoms. The molecule has 2 unspecified atom stereocenters. The molecule has 1 rings (SSSR count). The molecule has 0 fully saturated rings. The van der Waals surface area contributed by atoms with Gasteiger partial charge in [-0.15, -0.1) is 0 Å². The Morgan fingerprint density at radius 1 is 1.26 bits per heavy atom. The van der Waals surface area contributed by atoms with Gasteiger partial charge in [-0.2, -0.15) is 0 Å². The maximum Gasteiger partial charge on any atom is 0.231 e. The quantitative estimate of drug-likeness (QED) is 0.784. The lowest BCUT2D eigenvalue weighted by Gasteiger charge is -2.34. The molecule has 19 heavy (non-hydrogen) atoms. The number of aryl methyl sites for hydroxylation is 1. The Morgan fingerprint density at radius 3 is 2.26 bits per heavy atom. The molecule has 0 aliphatic rings. The standard InChI is InChI=1S/C15H25N3O/c1-4-13(16)15(18(5-2)10-14(17)19)12-8-6-11(3)7-9-12/h6-9,13,15H,4-5,10,16H2,1-3H3,(H2,17,19). The second kappa shape index (κ2) is 7.26. The van der Waals surface area contributed by atoms with Crippen LogP contribution in [0.1, 0.15) is 37.4 Å². The van der Waals surface area contributed by atoms with E-state index in [0.29, 0.717) is 0 Å². The van der Waals surface area contributed by atoms with Gasteiger partial charge in [0.15, 0.2) is 0 Å². The van der Waals surface area contributed by atoms with E-state index in [1.54, 1.807) is 0 Å². The van der Waals surface area contributed by atoms with Gasteiger partial charge in [-0.3, -0.25) is 9.69 Å². The molecule has 4 N–H and O–H groups in total. The van der Waals surface area contributed by atoms with Crippen LogP contribution in [0.5, 0.6) is 0 Å². The summed E-state index contributed by atoms with van der Waals surface area (Å²) in [5.41, 5.74) is 13.9. The first-order valence-corrected chi connectivity index (χ1v) is 6.84. The van der Waals surface area contributed by atoms with Gasteiger partial charge in [0.1, 0.15) is 0 Å². The molecule has 0 saturated heterocycles. The van der Waals surface area contributed by atoms with Gasteiger partial charge in [-0.05, 0) is 25.5 Å². The molecule has 4 heteroatoms. The van der Waals surface area contributed by atoms with Crippen LogP contribution in [-0.2, 0) is 4.79 Å². The lowest BCUT2D eigenvalue weighted by Crippen LogP contribution is -2.44. The maximum absolute atomic E-state index is 11.2. The van der Waals surface area contributed by atoms with Crippen LogP contribution in [-0.4, -0.2) is 29.9 Å². The normalized spacial score (nSPS) is 14.4. The number of carbonyl (C=O) groups excluding carboxylic acids is 1. The van der Waals surface area contributed by atoms with Crippen LogP contribution in [0.15, 0.2) is 24.3 Å². The molecule has 0 aliphatic heterocycles. The van der Waals surface area contributed by atoms with Crippen molar-refractivity contribution in [2.45, 2.75) is 39.3 Å². The monoisotopic (exact) mass is 263 g/mol. The number of hydrogen-bond acceptors (Lipinski definition) is 3. The predicted molar refractivity (Wildman–Crippen MR) is 78.6 cm³/mol. The van der Waals surface area contributed by atoms with E-state index in [9.17, 15) is 4.79 Å². The zero-order valence-corrected chi connectivity index (χ0v) is 12.1. The number of likely N-dealkylation sites (N-methyl/N-ethyl adjacent to an activating group) is 1. The molecular formula is C15H25N3O. The van der Waals surface area contributed by atoms with Crippen LogP contribution in [0.4, 0.5) is 0 Å². The van der Waals surface area contributed by atoms with E-state index < -0.39 is 0 Å². The fourth-order valence-electron chi connectivity index (χ4n) is 2.32. The van der Waals surface area contributed by atoms with Crippen molar-refractivity contribution in [2.24, 2.45) is 11.5 Å². The highest BCUT2D eigenvalue weighted by atomic mass is 16.1. The fourth-order valence-corrected chi connectivity index (χ4v) is 2.32. The Morgan fingerprint density at radius 2 is 1.84 bits per heavy atom. The number of amides is 1. The minimum Gasteiger partial charge on any atom is -0.369 e. The van der Waals surface area contributed by atoms with E-state index in [2.05, 4.69) is 38.1 Å². The lowest BCUT2D eigenvalue weighted by molar-refractivity contribution is -0.119. The summed E-state index contributed by atoms with van der Waals surface area (Å²) in [6.07, 6.45) is 0.855. The average molecular weight is 263 g/mol. The summed E-state index contributed by atoms with van der Waals surface area (Å²) >= 11 is 0. The second-order valence-electron chi connectivity index (χ2n) is 4.96. The Balaban J connectivity index is 3.05. The molecule has 0 aliphatic carbocycles. The lowest BCUT2D eigenvalue weighted by atomic mass is 9.95. The van der Waals surface area contributed by atoms with E-state index >= 15 is 0 Å². The van der Waals surface area contributed by atoms with Crippen molar-refractivity contribution >= 4 is 5.91 Å². The molecule has 1 amide bonds. The molecule has 1 aromatic rings. The van der Waals surface area contributed by atoms with Crippen molar-refractivity contribution in [3.8, 4) is 0 Å². The van der Waals surface area contributed by atoms with Crippen LogP contribution in [0.2, 0.25) is 0 Å². The van der Waals surface area contributed by atoms with Crippen LogP contribution >= 0.6 is 0 Å². The third kappa shape index (κ3) is 4.33. The number of nitrogens with two attached hydrogens (primary N) is 2. The van der Waals surface area contributed by atoms with Crippen LogP contribution < -0.4 is 11.5 Å². The highest BCUT2D eigenvalue weighted by Gasteiger charge is 2.25. The Hall–Kier alpha value is -1.39. The van der Waals surface area contributed by atoms with Crippen LogP contribution in [0.25, 0.3) is 0 Å². The fraction of sp³-hybridized carbons (Fsp3) is 0.533. The zero-order valence-electron chi connectivity index (χ0n) is 12.1. The second-order valence-corrected chi connectivity index (χ2v) is 4.96. The van der Waals surface area contributed by atoms with E-state index in [1.165, 1.54) is 5.56 Å². The number of nitrogens with zero attached hydrogens (tertiary/aromatic N) is 1. The van der Waals surface area contributed by atoms with Crippen molar-refractivity contribution in [3.05, 3.63) is 35.4 Å². The predicted octanol–water partition coefficient (Wildman–Crippen LogP) is 1.58. The van der Waals surface area contributed by atoms with Crippen molar-refractivity contribution < 1.29 is 4.79 Å². The highest BCUT2D eigenvalue weighted by molar-refractivity contribution is 5.76. The van der Waals surface area contributed by atoms with Gasteiger partial charge >= 0.3 is 0 Å². The Labute approximate surface area is 115 Å². The third-order valence-electron chi connectivity index (χ3n) is 3.45. The third-order valence-corrected chi connectivity index (χ3v) is 3.45. The van der Waals surface area contributed by atoms with Gasteiger partial charge < -0.3 is 11.5 Å². The highest BCUT2D eigenvalue weighted by Crippen LogP contribution is 2.25. The van der Waals surface area contributed by atoms with Crippen LogP contribution in [0.3, 0.4) is 0 Å². The van der Waals surface area contributed by atoms with E-state index in [-0.39, 0.29) is 24.5 Å². The van der Waals surface area contributed by atoms with E-state index in [0.717, 1.165) is 18.5 Å². The number of carbonyl (C=O) groups is 1. The summed E-state index contributed by atoms with van der Waals surface area (Å²) in [6.45, 7) is 7.12. The number of primary amides is 1. The van der Waals surface area contributed by atoms with E-state index in [1.807, 2.05) is 11.8 Å². The van der Waals surface area contributed by atoms with Gasteiger partial charge in [0.2, 0.25) is 5.91 Å². The summed E-state index contributed by atoms with van der Waals surface area (Å²) in [6, 6.07) is 8.33. The van der Waals surface area contributed by atoms with Crippen molar-refractivity contribution in [1.29, 1.82) is 0 Å². The first-order chi connectivity index (χ1) is 8.99. The number of rotatable bonds is 7. The molecule has 0 saturated carbocycles. The molecule has 4 nitrogen and oxygen atoms in total. The van der Waals surface area contributed by atoms with Gasteiger partial charge in [0.25, 0.3) is 0 Å². The maximum atomic E-state index is 11.2. The van der Waals surface area contributed by atoms with Crippen LogP contribution in [0, 0.1) is 6.92 Å². The Kier molecular flexibility index (Phi) is 5.99. The smallest absolute Gasteiger partial charge is 0.231 e. The van der Waals surface area contributed by atoms with Gasteiger partial charge in [-0.1, -0.05) is 43.7 Å². The summed E-state index contributed by atoms with van der Waals surface area (Å²) in [5.74, 6) is -0.317. The van der Waals surface area contributed by atoms with Crippen molar-refractivity contribution in [3.63, 3.8) is 0 Å². The largest absolute Gasteiger partial charge is 0.369 e. The topological polar surface area (TPSA) is 72.3 Å². The first-order valence-electron chi connectivity index (χ1n) is 6.84. The number of benzene rings is 1. The summed E-state index contributed by atoms with van der Waals surface area (Å²) in [5, 5.41) is 0. The molecule has 0 radical (unpaired) electrons. The number of hydrogen-bond donors (Lipinski definition) is 2. The molecule has 106 valence electrons. The SMILES string of the molecule is CCC(N)C(c1ccc(C)cc1)N(CC)CC(N)=O. The summed E-state index contributed by atoms with van der Waals surface area (Å²) in [4.78, 5) is 13.3. The van der Waals surface area contributed by atoms with Gasteiger partial charge in [0, 0.05) is 6.04 Å². The van der Waals surface area contributed by atoms with Crippen molar-refractivity contribution in [1.82, 2.24) is 4.90 Å². The molecule has 1 aromatic carbocycles. The molecule has 0 aromatic heterocycles. The summed E-state index contributed by atoms with van der Waals surface area (Å²) in [7, 11) is 0.